The van der Waals surface area contributed by atoms with E-state index >= 15 is 0 Å². The third-order valence-corrected chi connectivity index (χ3v) is 3.03. The van der Waals surface area contributed by atoms with Gasteiger partial charge in [0.05, 0.1) is 12.5 Å². The van der Waals surface area contributed by atoms with Crippen molar-refractivity contribution in [3.63, 3.8) is 0 Å². The Morgan fingerprint density at radius 2 is 2.17 bits per heavy atom. The first-order valence-corrected chi connectivity index (χ1v) is 6.48. The number of hydrogen-bond donors (Lipinski definition) is 1. The molecular formula is C13H21N5. The van der Waals surface area contributed by atoms with Crippen molar-refractivity contribution in [1.82, 2.24) is 19.3 Å². The standard InChI is InChI=1S/C13H21N5/c1-4-5-6-17-9-15-12(13(17)14)11-7-16-18(8-11)10(2)3/h7-10H,4-6,14H2,1-3H3. The van der Waals surface area contributed by atoms with Crippen LogP contribution in [-0.4, -0.2) is 19.3 Å². The Hall–Kier alpha value is -1.78. The van der Waals surface area contributed by atoms with E-state index in [-0.39, 0.29) is 0 Å². The van der Waals surface area contributed by atoms with Crippen LogP contribution in [0.5, 0.6) is 0 Å². The van der Waals surface area contributed by atoms with Gasteiger partial charge in [0, 0.05) is 24.3 Å². The quantitative estimate of drug-likeness (QED) is 0.883. The molecule has 0 saturated carbocycles. The van der Waals surface area contributed by atoms with E-state index in [1.807, 2.05) is 28.0 Å². The van der Waals surface area contributed by atoms with Crippen LogP contribution in [0.25, 0.3) is 11.3 Å². The lowest BCUT2D eigenvalue weighted by atomic mass is 10.2. The third kappa shape index (κ3) is 2.39. The number of hydrogen-bond acceptors (Lipinski definition) is 3. The third-order valence-electron chi connectivity index (χ3n) is 3.03. The molecule has 0 aliphatic carbocycles. The van der Waals surface area contributed by atoms with Crippen LogP contribution < -0.4 is 5.73 Å². The number of unbranched alkanes of at least 4 members (excludes halogenated alkanes) is 1. The van der Waals surface area contributed by atoms with E-state index in [4.69, 9.17) is 5.73 Å². The normalized spacial score (nSPS) is 11.3. The van der Waals surface area contributed by atoms with Gasteiger partial charge in [0.1, 0.15) is 11.5 Å². The number of aromatic nitrogens is 4. The van der Waals surface area contributed by atoms with Gasteiger partial charge in [-0.25, -0.2) is 4.98 Å². The minimum atomic E-state index is 0.349. The summed E-state index contributed by atoms with van der Waals surface area (Å²) in [7, 11) is 0. The molecule has 0 unspecified atom stereocenters. The van der Waals surface area contributed by atoms with E-state index in [1.54, 1.807) is 0 Å². The van der Waals surface area contributed by atoms with Crippen LogP contribution in [-0.2, 0) is 6.54 Å². The Kier molecular flexibility index (Phi) is 3.69. The van der Waals surface area contributed by atoms with Crippen molar-refractivity contribution >= 4 is 5.82 Å². The van der Waals surface area contributed by atoms with Crippen molar-refractivity contribution in [1.29, 1.82) is 0 Å². The van der Waals surface area contributed by atoms with Gasteiger partial charge in [0.25, 0.3) is 0 Å². The van der Waals surface area contributed by atoms with Crippen molar-refractivity contribution in [3.8, 4) is 11.3 Å². The van der Waals surface area contributed by atoms with Crippen LogP contribution >= 0.6 is 0 Å². The van der Waals surface area contributed by atoms with Gasteiger partial charge < -0.3 is 10.3 Å². The first kappa shape index (κ1) is 12.7. The number of aryl methyl sites for hydroxylation is 1. The van der Waals surface area contributed by atoms with Crippen molar-refractivity contribution < 1.29 is 0 Å². The lowest BCUT2D eigenvalue weighted by Crippen LogP contribution is -2.02. The summed E-state index contributed by atoms with van der Waals surface area (Å²) in [4.78, 5) is 4.40. The monoisotopic (exact) mass is 247 g/mol. The van der Waals surface area contributed by atoms with Gasteiger partial charge in [0.2, 0.25) is 0 Å². The summed E-state index contributed by atoms with van der Waals surface area (Å²) in [5, 5.41) is 4.32. The van der Waals surface area contributed by atoms with Crippen molar-refractivity contribution in [2.24, 2.45) is 0 Å². The molecule has 0 radical (unpaired) electrons. The molecule has 0 saturated heterocycles. The maximum absolute atomic E-state index is 6.12. The molecule has 0 bridgehead atoms. The zero-order valence-corrected chi connectivity index (χ0v) is 11.3. The number of nitrogens with zero attached hydrogens (tertiary/aromatic N) is 4. The average molecular weight is 247 g/mol. The number of imidazole rings is 1. The molecule has 0 atom stereocenters. The summed E-state index contributed by atoms with van der Waals surface area (Å²) in [6.45, 7) is 7.29. The molecule has 0 aliphatic heterocycles. The highest BCUT2D eigenvalue weighted by molar-refractivity contribution is 5.69. The molecule has 2 heterocycles. The SMILES string of the molecule is CCCCn1cnc(-c2cnn(C(C)C)c2)c1N. The molecule has 2 aromatic heterocycles. The van der Waals surface area contributed by atoms with Gasteiger partial charge in [0.15, 0.2) is 0 Å². The number of anilines is 1. The van der Waals surface area contributed by atoms with Gasteiger partial charge in [-0.15, -0.1) is 0 Å². The number of nitrogen functional groups attached to an aromatic ring is 1. The van der Waals surface area contributed by atoms with Gasteiger partial charge in [-0.3, -0.25) is 4.68 Å². The van der Waals surface area contributed by atoms with E-state index in [9.17, 15) is 0 Å². The Morgan fingerprint density at radius 3 is 2.78 bits per heavy atom. The first-order chi connectivity index (χ1) is 8.63. The highest BCUT2D eigenvalue weighted by Gasteiger charge is 2.12. The Morgan fingerprint density at radius 1 is 1.39 bits per heavy atom. The van der Waals surface area contributed by atoms with E-state index in [0.717, 1.165) is 36.5 Å². The molecule has 0 fully saturated rings. The summed E-state index contributed by atoms with van der Waals surface area (Å²) >= 11 is 0. The summed E-state index contributed by atoms with van der Waals surface area (Å²) in [6, 6.07) is 0.349. The van der Waals surface area contributed by atoms with E-state index in [2.05, 4.69) is 30.9 Å². The molecule has 5 nitrogen and oxygen atoms in total. The van der Waals surface area contributed by atoms with E-state index in [1.165, 1.54) is 0 Å². The van der Waals surface area contributed by atoms with Crippen molar-refractivity contribution in [3.05, 3.63) is 18.7 Å². The smallest absolute Gasteiger partial charge is 0.131 e. The first-order valence-electron chi connectivity index (χ1n) is 6.48. The molecule has 2 rings (SSSR count). The highest BCUT2D eigenvalue weighted by atomic mass is 15.3. The summed E-state index contributed by atoms with van der Waals surface area (Å²) in [6.07, 6.45) is 7.90. The van der Waals surface area contributed by atoms with Crippen LogP contribution in [0.1, 0.15) is 39.7 Å². The molecule has 0 spiro atoms. The van der Waals surface area contributed by atoms with Crippen LogP contribution in [0.4, 0.5) is 5.82 Å². The molecule has 2 aromatic rings. The molecule has 18 heavy (non-hydrogen) atoms. The second-order valence-corrected chi connectivity index (χ2v) is 4.83. The lowest BCUT2D eigenvalue weighted by Gasteiger charge is -2.04. The minimum absolute atomic E-state index is 0.349. The van der Waals surface area contributed by atoms with Gasteiger partial charge >= 0.3 is 0 Å². The fraction of sp³-hybridized carbons (Fsp3) is 0.538. The maximum Gasteiger partial charge on any atom is 0.131 e. The van der Waals surface area contributed by atoms with Crippen LogP contribution in [0.2, 0.25) is 0 Å². The number of rotatable bonds is 5. The van der Waals surface area contributed by atoms with Crippen LogP contribution in [0.15, 0.2) is 18.7 Å². The van der Waals surface area contributed by atoms with E-state index in [0.29, 0.717) is 6.04 Å². The predicted octanol–water partition coefficient (Wildman–Crippen LogP) is 2.71. The van der Waals surface area contributed by atoms with Gasteiger partial charge in [-0.05, 0) is 20.3 Å². The second kappa shape index (κ2) is 5.25. The Bertz CT molecular complexity index is 509. The predicted molar refractivity (Wildman–Crippen MR) is 73.2 cm³/mol. The molecular weight excluding hydrogens is 226 g/mol. The highest BCUT2D eigenvalue weighted by Crippen LogP contribution is 2.24. The van der Waals surface area contributed by atoms with Gasteiger partial charge in [-0.1, -0.05) is 13.3 Å². The zero-order chi connectivity index (χ0) is 13.1. The fourth-order valence-corrected chi connectivity index (χ4v) is 1.86. The maximum atomic E-state index is 6.12. The summed E-state index contributed by atoms with van der Waals surface area (Å²) in [5.74, 6) is 0.728. The Labute approximate surface area is 108 Å². The van der Waals surface area contributed by atoms with E-state index < -0.39 is 0 Å². The molecule has 5 heteroatoms. The molecule has 98 valence electrons. The second-order valence-electron chi connectivity index (χ2n) is 4.83. The summed E-state index contributed by atoms with van der Waals surface area (Å²) < 4.78 is 3.92. The largest absolute Gasteiger partial charge is 0.383 e. The summed E-state index contributed by atoms with van der Waals surface area (Å²) in [5.41, 5.74) is 7.94. The van der Waals surface area contributed by atoms with Crippen molar-refractivity contribution in [2.75, 3.05) is 5.73 Å². The fourth-order valence-electron chi connectivity index (χ4n) is 1.86. The molecule has 0 aliphatic rings. The van der Waals surface area contributed by atoms with Gasteiger partial charge in [-0.2, -0.15) is 5.10 Å². The molecule has 0 aromatic carbocycles. The number of nitrogens with two attached hydrogens (primary N) is 1. The zero-order valence-electron chi connectivity index (χ0n) is 11.3. The minimum Gasteiger partial charge on any atom is -0.383 e. The average Bonchev–Trinajstić information content (AvgIpc) is 2.93. The topological polar surface area (TPSA) is 61.7 Å². The lowest BCUT2D eigenvalue weighted by molar-refractivity contribution is 0.532. The Balaban J connectivity index is 2.24. The van der Waals surface area contributed by atoms with Crippen LogP contribution in [0, 0.1) is 0 Å². The molecule has 0 amide bonds. The van der Waals surface area contributed by atoms with Crippen LogP contribution in [0.3, 0.4) is 0 Å². The molecule has 2 N–H and O–H groups in total. The van der Waals surface area contributed by atoms with Crippen molar-refractivity contribution in [2.45, 2.75) is 46.2 Å².